The van der Waals surface area contributed by atoms with Gasteiger partial charge in [0, 0.05) is 19.6 Å². The molecule has 2 aliphatic heterocycles. The van der Waals surface area contributed by atoms with Crippen molar-refractivity contribution < 1.29 is 9.53 Å². The first-order valence-electron chi connectivity index (χ1n) is 5.68. The van der Waals surface area contributed by atoms with E-state index >= 15 is 0 Å². The molecule has 0 aromatic heterocycles. The van der Waals surface area contributed by atoms with Gasteiger partial charge in [-0.3, -0.25) is 0 Å². The normalized spacial score (nSPS) is 30.5. The largest absolute Gasteiger partial charge is 0.444 e. The second-order valence-corrected chi connectivity index (χ2v) is 5.45. The predicted octanol–water partition coefficient (Wildman–Crippen LogP) is 1.22. The lowest BCUT2D eigenvalue weighted by molar-refractivity contribution is 0.0227. The number of nitrogens with one attached hydrogen (secondary N) is 1. The molecule has 0 aliphatic carbocycles. The fraction of sp³-hybridized carbons (Fsp3) is 0.909. The van der Waals surface area contributed by atoms with Crippen LogP contribution in [0.15, 0.2) is 0 Å². The quantitative estimate of drug-likeness (QED) is 0.656. The topological polar surface area (TPSA) is 41.6 Å². The fourth-order valence-electron chi connectivity index (χ4n) is 2.40. The van der Waals surface area contributed by atoms with Gasteiger partial charge in [-0.25, -0.2) is 4.79 Å². The Balaban J connectivity index is 1.96. The molecule has 2 saturated heterocycles. The highest BCUT2D eigenvalue weighted by molar-refractivity contribution is 5.69. The zero-order valence-electron chi connectivity index (χ0n) is 9.75. The summed E-state index contributed by atoms with van der Waals surface area (Å²) in [6, 6.07) is 0.361. The van der Waals surface area contributed by atoms with Crippen LogP contribution in [0.4, 0.5) is 4.79 Å². The number of nitrogens with zero attached hydrogens (tertiary/aromatic N) is 1. The van der Waals surface area contributed by atoms with E-state index in [2.05, 4.69) is 5.32 Å². The second kappa shape index (κ2) is 3.67. The Morgan fingerprint density at radius 2 is 2.13 bits per heavy atom. The summed E-state index contributed by atoms with van der Waals surface area (Å²) in [4.78, 5) is 13.8. The van der Waals surface area contributed by atoms with Gasteiger partial charge in [0.25, 0.3) is 0 Å². The van der Waals surface area contributed by atoms with Gasteiger partial charge in [0.05, 0.1) is 6.04 Å². The number of hydrogen-bond donors (Lipinski definition) is 1. The fourth-order valence-corrected chi connectivity index (χ4v) is 2.40. The van der Waals surface area contributed by atoms with E-state index in [0.29, 0.717) is 12.0 Å². The molecule has 2 fully saturated rings. The van der Waals surface area contributed by atoms with Crippen molar-refractivity contribution in [3.8, 4) is 0 Å². The maximum Gasteiger partial charge on any atom is 0.410 e. The smallest absolute Gasteiger partial charge is 0.410 e. The van der Waals surface area contributed by atoms with E-state index < -0.39 is 0 Å². The van der Waals surface area contributed by atoms with Gasteiger partial charge >= 0.3 is 6.09 Å². The Morgan fingerprint density at radius 1 is 1.40 bits per heavy atom. The average Bonchev–Trinajstić information content (AvgIpc) is 2.57. The zero-order chi connectivity index (χ0) is 11.1. The highest BCUT2D eigenvalue weighted by atomic mass is 16.6. The third-order valence-electron chi connectivity index (χ3n) is 3.07. The molecule has 0 aromatic carbocycles. The molecule has 86 valence electrons. The Kier molecular flexibility index (Phi) is 2.63. The summed E-state index contributed by atoms with van der Waals surface area (Å²) in [5.41, 5.74) is -0.388. The van der Waals surface area contributed by atoms with Gasteiger partial charge in [-0.2, -0.15) is 0 Å². The van der Waals surface area contributed by atoms with Crippen molar-refractivity contribution >= 4 is 6.09 Å². The number of likely N-dealkylation sites (tertiary alicyclic amines) is 1. The third-order valence-corrected chi connectivity index (χ3v) is 3.07. The van der Waals surface area contributed by atoms with Crippen molar-refractivity contribution in [2.45, 2.75) is 38.8 Å². The number of amides is 1. The molecule has 0 aromatic rings. The zero-order valence-corrected chi connectivity index (χ0v) is 9.75. The summed E-state index contributed by atoms with van der Waals surface area (Å²) in [5, 5.41) is 3.32. The van der Waals surface area contributed by atoms with Gasteiger partial charge in [-0.15, -0.1) is 0 Å². The molecule has 4 heteroatoms. The molecule has 1 N–H and O–H groups in total. The highest BCUT2D eigenvalue weighted by Gasteiger charge is 2.41. The van der Waals surface area contributed by atoms with E-state index in [1.807, 2.05) is 25.7 Å². The summed E-state index contributed by atoms with van der Waals surface area (Å²) >= 11 is 0. The molecule has 2 atom stereocenters. The summed E-state index contributed by atoms with van der Waals surface area (Å²) in [6.07, 6.45) is 0.954. The predicted molar refractivity (Wildman–Crippen MR) is 57.7 cm³/mol. The lowest BCUT2D eigenvalue weighted by Gasteiger charge is -2.27. The molecule has 2 rings (SSSR count). The third kappa shape index (κ3) is 2.25. The van der Waals surface area contributed by atoms with E-state index in [1.54, 1.807) is 0 Å². The molecule has 0 bridgehead atoms. The molecular formula is C11H20N2O2. The summed E-state index contributed by atoms with van der Waals surface area (Å²) in [5.74, 6) is 0.637. The molecule has 0 radical (unpaired) electrons. The van der Waals surface area contributed by atoms with Gasteiger partial charge in [0.2, 0.25) is 0 Å². The number of ether oxygens (including phenoxy) is 1. The molecule has 0 saturated carbocycles. The minimum absolute atomic E-state index is 0.154. The number of rotatable bonds is 0. The van der Waals surface area contributed by atoms with Gasteiger partial charge in [-0.1, -0.05) is 0 Å². The lowest BCUT2D eigenvalue weighted by atomic mass is 10.1. The average molecular weight is 212 g/mol. The van der Waals surface area contributed by atoms with Gasteiger partial charge in [-0.05, 0) is 33.1 Å². The van der Waals surface area contributed by atoms with Crippen molar-refractivity contribution in [1.82, 2.24) is 10.2 Å². The highest BCUT2D eigenvalue weighted by Crippen LogP contribution is 2.28. The minimum atomic E-state index is -0.388. The van der Waals surface area contributed by atoms with Crippen molar-refractivity contribution in [2.24, 2.45) is 5.92 Å². The van der Waals surface area contributed by atoms with Crippen LogP contribution in [0.1, 0.15) is 27.2 Å². The van der Waals surface area contributed by atoms with Crippen LogP contribution in [0.25, 0.3) is 0 Å². The van der Waals surface area contributed by atoms with Gasteiger partial charge in [0.1, 0.15) is 5.60 Å². The molecule has 4 nitrogen and oxygen atoms in total. The number of fused-ring (bicyclic) bond motifs is 1. The van der Waals surface area contributed by atoms with Crippen molar-refractivity contribution in [2.75, 3.05) is 19.6 Å². The lowest BCUT2D eigenvalue weighted by Crippen LogP contribution is -2.42. The standard InChI is InChI=1S/C11H20N2O2/c1-11(2,3)15-10(14)13-5-4-8-6-12-7-9(8)13/h8-9,12H,4-7H2,1-3H3/t8-,9-/m1/s1. The number of hydrogen-bond acceptors (Lipinski definition) is 3. The first-order valence-corrected chi connectivity index (χ1v) is 5.68. The monoisotopic (exact) mass is 212 g/mol. The Bertz CT molecular complexity index is 260. The van der Waals surface area contributed by atoms with Crippen molar-refractivity contribution in [3.05, 3.63) is 0 Å². The molecular weight excluding hydrogens is 192 g/mol. The van der Waals surface area contributed by atoms with Crippen LogP contribution in [0.5, 0.6) is 0 Å². The Hall–Kier alpha value is -0.770. The maximum absolute atomic E-state index is 11.9. The Labute approximate surface area is 91.0 Å². The SMILES string of the molecule is CC(C)(C)OC(=O)N1CC[C@@H]2CNC[C@H]21. The number of carbonyl (C=O) groups is 1. The van der Waals surface area contributed by atoms with Crippen LogP contribution in [-0.2, 0) is 4.74 Å². The van der Waals surface area contributed by atoms with Crippen LogP contribution in [-0.4, -0.2) is 42.3 Å². The maximum atomic E-state index is 11.9. The van der Waals surface area contributed by atoms with Crippen molar-refractivity contribution in [1.29, 1.82) is 0 Å². The summed E-state index contributed by atoms with van der Waals surface area (Å²) < 4.78 is 5.39. The molecule has 2 heterocycles. The van der Waals surface area contributed by atoms with E-state index in [0.717, 1.165) is 26.1 Å². The van der Waals surface area contributed by atoms with Crippen molar-refractivity contribution in [3.63, 3.8) is 0 Å². The van der Waals surface area contributed by atoms with Crippen LogP contribution >= 0.6 is 0 Å². The molecule has 0 unspecified atom stereocenters. The van der Waals surface area contributed by atoms with E-state index in [-0.39, 0.29) is 11.7 Å². The van der Waals surface area contributed by atoms with Crippen LogP contribution < -0.4 is 5.32 Å². The summed E-state index contributed by atoms with van der Waals surface area (Å²) in [6.45, 7) is 8.54. The summed E-state index contributed by atoms with van der Waals surface area (Å²) in [7, 11) is 0. The molecule has 15 heavy (non-hydrogen) atoms. The first kappa shape index (κ1) is 10.7. The van der Waals surface area contributed by atoms with E-state index in [9.17, 15) is 4.79 Å². The van der Waals surface area contributed by atoms with Crippen LogP contribution in [0.2, 0.25) is 0 Å². The first-order chi connectivity index (χ1) is 6.97. The van der Waals surface area contributed by atoms with Gasteiger partial charge < -0.3 is 15.0 Å². The Morgan fingerprint density at radius 3 is 2.80 bits per heavy atom. The van der Waals surface area contributed by atoms with E-state index in [4.69, 9.17) is 4.74 Å². The number of carbonyl (C=O) groups excluding carboxylic acids is 1. The van der Waals surface area contributed by atoms with E-state index in [1.165, 1.54) is 0 Å². The van der Waals surface area contributed by atoms with Gasteiger partial charge in [0.15, 0.2) is 0 Å². The molecule has 0 spiro atoms. The minimum Gasteiger partial charge on any atom is -0.444 e. The molecule has 2 aliphatic rings. The van der Waals surface area contributed by atoms with Crippen LogP contribution in [0, 0.1) is 5.92 Å². The van der Waals surface area contributed by atoms with Crippen LogP contribution in [0.3, 0.4) is 0 Å². The molecule has 1 amide bonds. The second-order valence-electron chi connectivity index (χ2n) is 5.45.